The van der Waals surface area contributed by atoms with Crippen LogP contribution in [0.5, 0.6) is 5.75 Å². The van der Waals surface area contributed by atoms with Crippen molar-refractivity contribution in [1.29, 1.82) is 0 Å². The maximum atomic E-state index is 11.4. The van der Waals surface area contributed by atoms with Gasteiger partial charge in [-0.05, 0) is 30.2 Å². The van der Waals surface area contributed by atoms with Crippen LogP contribution in [0.2, 0.25) is 0 Å². The normalized spacial score (nSPS) is 10.8. The van der Waals surface area contributed by atoms with Crippen molar-refractivity contribution >= 4 is 12.0 Å². The summed E-state index contributed by atoms with van der Waals surface area (Å²) < 4.78 is 5.09. The summed E-state index contributed by atoms with van der Waals surface area (Å²) in [4.78, 5) is 11.4. The van der Waals surface area contributed by atoms with Gasteiger partial charge in [-0.15, -0.1) is 0 Å². The number of hydrogen-bond acceptors (Lipinski definition) is 3. The Kier molecular flexibility index (Phi) is 7.40. The molecule has 1 aromatic rings. The van der Waals surface area contributed by atoms with E-state index in [0.29, 0.717) is 6.61 Å². The zero-order valence-electron chi connectivity index (χ0n) is 11.5. The fourth-order valence-corrected chi connectivity index (χ4v) is 1.68. The van der Waals surface area contributed by atoms with Gasteiger partial charge in [-0.25, -0.2) is 4.79 Å². The topological polar surface area (TPSA) is 46.5 Å². The smallest absolute Gasteiger partial charge is 0.330 e. The van der Waals surface area contributed by atoms with E-state index in [1.54, 1.807) is 30.3 Å². The Hall–Kier alpha value is -1.77. The second-order valence-corrected chi connectivity index (χ2v) is 4.51. The predicted octanol–water partition coefficient (Wildman–Crippen LogP) is 3.92. The quantitative estimate of drug-likeness (QED) is 0.439. The van der Waals surface area contributed by atoms with Crippen molar-refractivity contribution in [1.82, 2.24) is 0 Å². The highest BCUT2D eigenvalue weighted by Gasteiger charge is 1.97. The van der Waals surface area contributed by atoms with Crippen molar-refractivity contribution < 1.29 is 14.6 Å². The van der Waals surface area contributed by atoms with Crippen LogP contribution < -0.4 is 0 Å². The largest absolute Gasteiger partial charge is 0.508 e. The third-order valence-electron chi connectivity index (χ3n) is 2.80. The number of carbonyl (C=O) groups excluding carboxylic acids is 1. The van der Waals surface area contributed by atoms with Crippen LogP contribution in [0.1, 0.15) is 44.6 Å². The zero-order valence-corrected chi connectivity index (χ0v) is 11.5. The molecule has 0 fully saturated rings. The molecular formula is C16H22O3. The molecule has 0 aliphatic heterocycles. The molecule has 0 heterocycles. The van der Waals surface area contributed by atoms with Gasteiger partial charge in [0.25, 0.3) is 0 Å². The summed E-state index contributed by atoms with van der Waals surface area (Å²) in [6.45, 7) is 2.66. The number of hydrogen-bond donors (Lipinski definition) is 1. The lowest BCUT2D eigenvalue weighted by Gasteiger charge is -2.01. The molecule has 0 unspecified atom stereocenters. The maximum Gasteiger partial charge on any atom is 0.330 e. The number of phenols is 1. The van der Waals surface area contributed by atoms with E-state index in [4.69, 9.17) is 9.84 Å². The monoisotopic (exact) mass is 262 g/mol. The van der Waals surface area contributed by atoms with Gasteiger partial charge in [0.2, 0.25) is 0 Å². The lowest BCUT2D eigenvalue weighted by atomic mass is 10.2. The molecule has 3 nitrogen and oxygen atoms in total. The van der Waals surface area contributed by atoms with Gasteiger partial charge in [-0.2, -0.15) is 0 Å². The number of esters is 1. The molecule has 0 atom stereocenters. The third kappa shape index (κ3) is 7.29. The number of phenolic OH excluding ortho intramolecular Hbond substituents is 1. The number of rotatable bonds is 8. The van der Waals surface area contributed by atoms with Crippen LogP contribution in [-0.4, -0.2) is 17.7 Å². The summed E-state index contributed by atoms with van der Waals surface area (Å²) >= 11 is 0. The number of carbonyl (C=O) groups is 1. The Morgan fingerprint density at radius 2 is 1.84 bits per heavy atom. The molecule has 0 bridgehead atoms. The van der Waals surface area contributed by atoms with Crippen molar-refractivity contribution in [2.45, 2.75) is 39.0 Å². The van der Waals surface area contributed by atoms with Gasteiger partial charge in [0.15, 0.2) is 0 Å². The predicted molar refractivity (Wildman–Crippen MR) is 76.9 cm³/mol. The first kappa shape index (κ1) is 15.3. The first-order valence-corrected chi connectivity index (χ1v) is 6.86. The van der Waals surface area contributed by atoms with Crippen LogP contribution in [0.3, 0.4) is 0 Å². The third-order valence-corrected chi connectivity index (χ3v) is 2.80. The number of ether oxygens (including phenoxy) is 1. The Bertz CT molecular complexity index is 393. The van der Waals surface area contributed by atoms with Crippen LogP contribution in [0, 0.1) is 0 Å². The van der Waals surface area contributed by atoms with E-state index in [1.165, 1.54) is 25.3 Å². The minimum absolute atomic E-state index is 0.215. The SMILES string of the molecule is CCCCCCCOC(=O)C=Cc1ccc(O)cc1. The van der Waals surface area contributed by atoms with Gasteiger partial charge in [-0.3, -0.25) is 0 Å². The maximum absolute atomic E-state index is 11.4. The minimum atomic E-state index is -0.316. The first-order chi connectivity index (χ1) is 9.22. The van der Waals surface area contributed by atoms with Gasteiger partial charge in [-0.1, -0.05) is 44.7 Å². The molecule has 0 radical (unpaired) electrons. The Morgan fingerprint density at radius 3 is 2.53 bits per heavy atom. The fraction of sp³-hybridized carbons (Fsp3) is 0.438. The lowest BCUT2D eigenvalue weighted by molar-refractivity contribution is -0.137. The average molecular weight is 262 g/mol. The standard InChI is InChI=1S/C16H22O3/c1-2-3-4-5-6-13-19-16(18)12-9-14-7-10-15(17)11-8-14/h7-12,17H,2-6,13H2,1H3. The van der Waals surface area contributed by atoms with E-state index in [2.05, 4.69) is 6.92 Å². The molecule has 0 spiro atoms. The molecular weight excluding hydrogens is 240 g/mol. The second-order valence-electron chi connectivity index (χ2n) is 4.51. The highest BCUT2D eigenvalue weighted by Crippen LogP contribution is 2.10. The zero-order chi connectivity index (χ0) is 13.9. The van der Waals surface area contributed by atoms with Crippen LogP contribution >= 0.6 is 0 Å². The molecule has 104 valence electrons. The molecule has 0 aliphatic rings. The van der Waals surface area contributed by atoms with E-state index in [-0.39, 0.29) is 11.7 Å². The lowest BCUT2D eigenvalue weighted by Crippen LogP contribution is -2.02. The van der Waals surface area contributed by atoms with Crippen LogP contribution in [-0.2, 0) is 9.53 Å². The summed E-state index contributed by atoms with van der Waals surface area (Å²) in [6, 6.07) is 6.64. The molecule has 1 aromatic carbocycles. The van der Waals surface area contributed by atoms with Crippen molar-refractivity contribution in [2.75, 3.05) is 6.61 Å². The summed E-state index contributed by atoms with van der Waals surface area (Å²) in [7, 11) is 0. The van der Waals surface area contributed by atoms with Crippen LogP contribution in [0.15, 0.2) is 30.3 Å². The second kappa shape index (κ2) is 9.20. The van der Waals surface area contributed by atoms with E-state index in [0.717, 1.165) is 18.4 Å². The van der Waals surface area contributed by atoms with Crippen molar-refractivity contribution in [3.8, 4) is 5.75 Å². The molecule has 1 N–H and O–H groups in total. The number of benzene rings is 1. The van der Waals surface area contributed by atoms with Crippen LogP contribution in [0.4, 0.5) is 0 Å². The van der Waals surface area contributed by atoms with E-state index < -0.39 is 0 Å². The van der Waals surface area contributed by atoms with Gasteiger partial charge >= 0.3 is 5.97 Å². The van der Waals surface area contributed by atoms with Crippen molar-refractivity contribution in [3.05, 3.63) is 35.9 Å². The molecule has 0 saturated heterocycles. The molecule has 0 saturated carbocycles. The van der Waals surface area contributed by atoms with Crippen molar-refractivity contribution in [2.24, 2.45) is 0 Å². The molecule has 0 aromatic heterocycles. The number of aromatic hydroxyl groups is 1. The Balaban J connectivity index is 2.18. The highest BCUT2D eigenvalue weighted by atomic mass is 16.5. The van der Waals surface area contributed by atoms with E-state index in [9.17, 15) is 4.79 Å². The summed E-state index contributed by atoms with van der Waals surface area (Å²) in [5.74, 6) is -0.102. The molecule has 3 heteroatoms. The molecule has 1 rings (SSSR count). The fourth-order valence-electron chi connectivity index (χ4n) is 1.68. The van der Waals surface area contributed by atoms with Crippen LogP contribution in [0.25, 0.3) is 6.08 Å². The van der Waals surface area contributed by atoms with Gasteiger partial charge in [0, 0.05) is 6.08 Å². The Morgan fingerprint density at radius 1 is 1.16 bits per heavy atom. The number of unbranched alkanes of at least 4 members (excludes halogenated alkanes) is 4. The van der Waals surface area contributed by atoms with E-state index in [1.807, 2.05) is 0 Å². The van der Waals surface area contributed by atoms with Gasteiger partial charge < -0.3 is 9.84 Å². The Labute approximate surface area is 114 Å². The van der Waals surface area contributed by atoms with E-state index >= 15 is 0 Å². The first-order valence-electron chi connectivity index (χ1n) is 6.86. The van der Waals surface area contributed by atoms with Gasteiger partial charge in [0.1, 0.15) is 5.75 Å². The molecule has 0 aliphatic carbocycles. The highest BCUT2D eigenvalue weighted by molar-refractivity contribution is 5.87. The molecule has 19 heavy (non-hydrogen) atoms. The molecule has 0 amide bonds. The average Bonchev–Trinajstić information content (AvgIpc) is 2.42. The summed E-state index contributed by atoms with van der Waals surface area (Å²) in [6.07, 6.45) is 8.81. The van der Waals surface area contributed by atoms with Crippen molar-refractivity contribution in [3.63, 3.8) is 0 Å². The summed E-state index contributed by atoms with van der Waals surface area (Å²) in [5, 5.41) is 9.12. The van der Waals surface area contributed by atoms with Gasteiger partial charge in [0.05, 0.1) is 6.61 Å². The minimum Gasteiger partial charge on any atom is -0.508 e. The summed E-state index contributed by atoms with van der Waals surface area (Å²) in [5.41, 5.74) is 0.859.